The molecule has 0 amide bonds. The quantitative estimate of drug-likeness (QED) is 0.135. The number of aromatic nitrogens is 2. The van der Waals surface area contributed by atoms with E-state index >= 15 is 0 Å². The van der Waals surface area contributed by atoms with Crippen molar-refractivity contribution in [3.63, 3.8) is 0 Å². The van der Waals surface area contributed by atoms with Crippen molar-refractivity contribution < 1.29 is 28.6 Å². The number of nitrogens with one attached hydrogen (secondary N) is 1. The maximum atomic E-state index is 12.9. The fraction of sp³-hybridized carbons (Fsp3) is 0.212. The highest BCUT2D eigenvalue weighted by molar-refractivity contribution is 7.50. The van der Waals surface area contributed by atoms with Crippen LogP contribution in [0.15, 0.2) is 82.5 Å². The van der Waals surface area contributed by atoms with Crippen molar-refractivity contribution in [3.05, 3.63) is 105 Å². The van der Waals surface area contributed by atoms with Crippen molar-refractivity contribution in [2.24, 2.45) is 0 Å². The highest BCUT2D eigenvalue weighted by Gasteiger charge is 2.63. The zero-order valence-corrected chi connectivity index (χ0v) is 24.2. The molecule has 11 heteroatoms. The van der Waals surface area contributed by atoms with Crippen LogP contribution in [0.2, 0.25) is 0 Å². The second kappa shape index (κ2) is 9.58. The molecule has 2 saturated heterocycles. The third-order valence-electron chi connectivity index (χ3n) is 8.65. The van der Waals surface area contributed by atoms with Gasteiger partial charge in [-0.3, -0.25) is 14.3 Å². The number of ether oxygens (including phenoxy) is 2. The SMILES string of the molecule is CP(=O)([O-])OC1C2OC[C@]1(CO)O[C@H]2n1cc(C#Cc2ccc3c4cccc5cccc(c6cccc2c63)c54)c(=O)[nH]c1=O. The Morgan fingerprint density at radius 3 is 2.32 bits per heavy atom. The topological polar surface area (TPSA) is 143 Å². The zero-order chi connectivity index (χ0) is 30.4. The first kappa shape index (κ1) is 27.2. The second-order valence-electron chi connectivity index (χ2n) is 11.4. The van der Waals surface area contributed by atoms with Crippen molar-refractivity contribution in [1.82, 2.24) is 9.55 Å². The van der Waals surface area contributed by atoms with E-state index in [4.69, 9.17) is 14.0 Å². The average Bonchev–Trinajstić information content (AvgIpc) is 3.49. The molecule has 2 N–H and O–H groups in total. The number of benzene rings is 5. The van der Waals surface area contributed by atoms with Gasteiger partial charge in [-0.15, -0.1) is 0 Å². The minimum atomic E-state index is -4.24. The van der Waals surface area contributed by atoms with Crippen molar-refractivity contribution in [3.8, 4) is 11.8 Å². The summed E-state index contributed by atoms with van der Waals surface area (Å²) in [6.45, 7) is 0.190. The molecular formula is C33H24N2O8P-. The van der Waals surface area contributed by atoms with E-state index in [-0.39, 0.29) is 12.2 Å². The van der Waals surface area contributed by atoms with Gasteiger partial charge in [-0.2, -0.15) is 0 Å². The lowest BCUT2D eigenvalue weighted by molar-refractivity contribution is -0.207. The lowest BCUT2D eigenvalue weighted by atomic mass is 9.88. The van der Waals surface area contributed by atoms with Crippen LogP contribution in [-0.2, 0) is 18.6 Å². The van der Waals surface area contributed by atoms with E-state index in [2.05, 4.69) is 59.3 Å². The number of aliphatic hydroxyl groups is 1. The highest BCUT2D eigenvalue weighted by atomic mass is 31.2. The van der Waals surface area contributed by atoms with Gasteiger partial charge in [-0.1, -0.05) is 72.5 Å². The Morgan fingerprint density at radius 2 is 1.61 bits per heavy atom. The van der Waals surface area contributed by atoms with E-state index in [0.717, 1.165) is 43.5 Å². The van der Waals surface area contributed by atoms with Gasteiger partial charge in [0.05, 0.1) is 13.2 Å². The van der Waals surface area contributed by atoms with E-state index in [1.807, 2.05) is 24.3 Å². The van der Waals surface area contributed by atoms with Crippen LogP contribution in [0.3, 0.4) is 0 Å². The van der Waals surface area contributed by atoms with Gasteiger partial charge in [0.15, 0.2) is 6.23 Å². The Labute approximate surface area is 249 Å². The second-order valence-corrected chi connectivity index (χ2v) is 13.1. The summed E-state index contributed by atoms with van der Waals surface area (Å²) in [5.74, 6) is 6.04. The number of aliphatic hydroxyl groups excluding tert-OH is 1. The molecule has 3 unspecified atom stereocenters. The standard InChI is InChI=1S/C33H25N2O8P/c1-44(39,40)43-29-28-31(42-33(29,16-36)17-41-28)35-15-20(30(37)34-32(35)38)12-11-18-13-14-25-23-9-3-6-19-5-2-8-22(26(19)23)24-10-4-7-21(18)27(24)25/h2-10,13-15,28-29,31,36H,16-17H2,1H3,(H,39,40)(H,34,37,38)/p-1/t28?,29?,31-,33+/m1/s1. The van der Waals surface area contributed by atoms with Gasteiger partial charge in [0.25, 0.3) is 5.56 Å². The molecule has 0 radical (unpaired) electrons. The van der Waals surface area contributed by atoms with Gasteiger partial charge in [0.1, 0.15) is 31.0 Å². The molecule has 8 rings (SSSR count). The number of rotatable bonds is 4. The summed E-state index contributed by atoms with van der Waals surface area (Å²) in [6, 6.07) is 22.7. The number of nitrogens with zero attached hydrogens (tertiary/aromatic N) is 1. The third kappa shape index (κ3) is 3.99. The Kier molecular flexibility index (Phi) is 5.93. The van der Waals surface area contributed by atoms with Crippen LogP contribution in [-0.4, -0.2) is 52.3 Å². The fourth-order valence-electron chi connectivity index (χ4n) is 6.75. The third-order valence-corrected chi connectivity index (χ3v) is 9.26. The molecule has 2 aliphatic rings. The Balaban J connectivity index is 1.24. The minimum absolute atomic E-state index is 0.00735. The number of fused-ring (bicyclic) bond motifs is 4. The number of hydrogen-bond acceptors (Lipinski definition) is 8. The molecule has 3 heterocycles. The molecular weight excluding hydrogens is 583 g/mol. The van der Waals surface area contributed by atoms with Gasteiger partial charge in [0.2, 0.25) is 0 Å². The molecule has 2 bridgehead atoms. The van der Waals surface area contributed by atoms with Crippen LogP contribution in [0.1, 0.15) is 17.4 Å². The van der Waals surface area contributed by atoms with Crippen LogP contribution in [0.5, 0.6) is 0 Å². The number of H-pyrrole nitrogens is 1. The van der Waals surface area contributed by atoms with Crippen molar-refractivity contribution in [2.45, 2.75) is 24.0 Å². The van der Waals surface area contributed by atoms with Crippen LogP contribution in [0.4, 0.5) is 0 Å². The molecule has 44 heavy (non-hydrogen) atoms. The smallest absolute Gasteiger partial charge is 0.330 e. The van der Waals surface area contributed by atoms with Gasteiger partial charge < -0.3 is 28.6 Å². The summed E-state index contributed by atoms with van der Waals surface area (Å²) in [5.41, 5.74) is -2.28. The Morgan fingerprint density at radius 1 is 0.977 bits per heavy atom. The fourth-order valence-corrected chi connectivity index (χ4v) is 7.47. The first-order chi connectivity index (χ1) is 21.2. The summed E-state index contributed by atoms with van der Waals surface area (Å²) >= 11 is 0. The normalized spacial score (nSPS) is 24.3. The largest absolute Gasteiger partial charge is 0.779 e. The summed E-state index contributed by atoms with van der Waals surface area (Å²) in [6.07, 6.45) is -2.11. The van der Waals surface area contributed by atoms with Crippen LogP contribution in [0.25, 0.3) is 43.1 Å². The van der Waals surface area contributed by atoms with E-state index < -0.39 is 49.5 Å². The van der Waals surface area contributed by atoms with Crippen molar-refractivity contribution >= 4 is 50.7 Å². The molecule has 0 aliphatic carbocycles. The van der Waals surface area contributed by atoms with Gasteiger partial charge >= 0.3 is 5.69 Å². The van der Waals surface area contributed by atoms with Crippen LogP contribution < -0.4 is 16.1 Å². The molecule has 0 saturated carbocycles. The molecule has 10 nitrogen and oxygen atoms in total. The Bertz CT molecular complexity index is 2330. The molecule has 220 valence electrons. The molecule has 5 aromatic carbocycles. The van der Waals surface area contributed by atoms with Gasteiger partial charge in [-0.25, -0.2) is 4.79 Å². The summed E-state index contributed by atoms with van der Waals surface area (Å²) in [7, 11) is -4.24. The predicted octanol–water partition coefficient (Wildman–Crippen LogP) is 3.21. The monoisotopic (exact) mass is 607 g/mol. The summed E-state index contributed by atoms with van der Waals surface area (Å²) in [4.78, 5) is 39.9. The van der Waals surface area contributed by atoms with Gasteiger partial charge in [-0.05, 0) is 49.2 Å². The molecule has 1 aromatic heterocycles. The Hall–Kier alpha value is -4.33. The van der Waals surface area contributed by atoms with Crippen molar-refractivity contribution in [2.75, 3.05) is 19.9 Å². The number of hydrogen-bond donors (Lipinski definition) is 2. The summed E-state index contributed by atoms with van der Waals surface area (Å²) in [5, 5.41) is 19.0. The highest BCUT2D eigenvalue weighted by Crippen LogP contribution is 2.51. The maximum absolute atomic E-state index is 12.9. The van der Waals surface area contributed by atoms with E-state index in [1.165, 1.54) is 17.0 Å². The minimum Gasteiger partial charge on any atom is -0.779 e. The molecule has 5 atom stereocenters. The van der Waals surface area contributed by atoms with Gasteiger partial charge in [0, 0.05) is 18.4 Å². The average molecular weight is 608 g/mol. The van der Waals surface area contributed by atoms with E-state index in [9.17, 15) is 24.2 Å². The molecule has 0 spiro atoms. The summed E-state index contributed by atoms with van der Waals surface area (Å²) < 4.78 is 29.9. The lowest BCUT2D eigenvalue weighted by Crippen LogP contribution is -2.45. The van der Waals surface area contributed by atoms with Crippen LogP contribution >= 0.6 is 7.60 Å². The first-order valence-electron chi connectivity index (χ1n) is 14.0. The number of aromatic amines is 1. The maximum Gasteiger partial charge on any atom is 0.330 e. The first-order valence-corrected chi connectivity index (χ1v) is 16.0. The predicted molar refractivity (Wildman–Crippen MR) is 163 cm³/mol. The molecule has 2 fully saturated rings. The molecule has 6 aromatic rings. The van der Waals surface area contributed by atoms with E-state index in [0.29, 0.717) is 5.56 Å². The van der Waals surface area contributed by atoms with Crippen molar-refractivity contribution in [1.29, 1.82) is 0 Å². The van der Waals surface area contributed by atoms with Crippen LogP contribution in [0, 0.1) is 11.8 Å². The molecule has 2 aliphatic heterocycles. The zero-order valence-electron chi connectivity index (χ0n) is 23.3. The lowest BCUT2D eigenvalue weighted by Gasteiger charge is -2.31. The van der Waals surface area contributed by atoms with E-state index in [1.54, 1.807) is 0 Å².